The molecule has 3 aromatic rings. The second-order valence-corrected chi connectivity index (χ2v) is 8.96. The van der Waals surface area contributed by atoms with Gasteiger partial charge in [-0.05, 0) is 48.3 Å². The largest absolute Gasteiger partial charge is 0.394 e. The van der Waals surface area contributed by atoms with Crippen LogP contribution in [0.25, 0.3) is 0 Å². The van der Waals surface area contributed by atoms with E-state index in [1.165, 1.54) is 35.2 Å². The van der Waals surface area contributed by atoms with Gasteiger partial charge in [-0.2, -0.15) is 0 Å². The van der Waals surface area contributed by atoms with Crippen molar-refractivity contribution in [3.63, 3.8) is 0 Å². The SMILES string of the molecule is CC(C)CNc1c(N)c(N(Cc2ccccc2)Cc2ccccc2)nc2c1CCCC2. The molecule has 0 aliphatic heterocycles. The van der Waals surface area contributed by atoms with E-state index in [1.807, 2.05) is 0 Å². The second-order valence-electron chi connectivity index (χ2n) is 8.96. The monoisotopic (exact) mass is 414 g/mol. The summed E-state index contributed by atoms with van der Waals surface area (Å²) < 4.78 is 0. The van der Waals surface area contributed by atoms with Crippen LogP contribution in [0.4, 0.5) is 17.2 Å². The third-order valence-corrected chi connectivity index (χ3v) is 5.91. The lowest BCUT2D eigenvalue weighted by Gasteiger charge is -2.30. The first-order valence-corrected chi connectivity index (χ1v) is 11.5. The topological polar surface area (TPSA) is 54.2 Å². The minimum absolute atomic E-state index is 0.556. The molecule has 0 fully saturated rings. The van der Waals surface area contributed by atoms with Crippen molar-refractivity contribution in [1.82, 2.24) is 4.98 Å². The fourth-order valence-corrected chi connectivity index (χ4v) is 4.31. The van der Waals surface area contributed by atoms with E-state index in [0.717, 1.165) is 49.7 Å². The molecule has 0 spiro atoms. The Morgan fingerprint density at radius 2 is 1.48 bits per heavy atom. The van der Waals surface area contributed by atoms with Crippen LogP contribution in [-0.2, 0) is 25.9 Å². The molecule has 1 aliphatic rings. The summed E-state index contributed by atoms with van der Waals surface area (Å²) in [7, 11) is 0. The summed E-state index contributed by atoms with van der Waals surface area (Å²) in [4.78, 5) is 7.48. The van der Waals surface area contributed by atoms with Gasteiger partial charge in [0.15, 0.2) is 5.82 Å². The van der Waals surface area contributed by atoms with Gasteiger partial charge >= 0.3 is 0 Å². The van der Waals surface area contributed by atoms with Crippen LogP contribution < -0.4 is 16.0 Å². The van der Waals surface area contributed by atoms with Crippen molar-refractivity contribution in [2.75, 3.05) is 22.5 Å². The predicted octanol–water partition coefficient (Wildman–Crippen LogP) is 5.82. The van der Waals surface area contributed by atoms with Crippen LogP contribution in [0.3, 0.4) is 0 Å². The van der Waals surface area contributed by atoms with Crippen LogP contribution in [0.2, 0.25) is 0 Å². The van der Waals surface area contributed by atoms with E-state index in [-0.39, 0.29) is 0 Å². The Bertz CT molecular complexity index is 942. The summed E-state index contributed by atoms with van der Waals surface area (Å²) in [6.07, 6.45) is 4.50. The second kappa shape index (κ2) is 9.86. The number of nitrogens with zero attached hydrogens (tertiary/aromatic N) is 2. The molecule has 0 saturated carbocycles. The molecule has 0 bridgehead atoms. The highest BCUT2D eigenvalue weighted by Crippen LogP contribution is 2.38. The smallest absolute Gasteiger partial charge is 0.154 e. The first-order valence-electron chi connectivity index (χ1n) is 11.5. The Morgan fingerprint density at radius 3 is 2.06 bits per heavy atom. The summed E-state index contributed by atoms with van der Waals surface area (Å²) in [6, 6.07) is 21.2. The Hall–Kier alpha value is -3.01. The maximum atomic E-state index is 6.84. The normalized spacial score (nSPS) is 13.1. The fraction of sp³-hybridized carbons (Fsp3) is 0.370. The molecule has 4 rings (SSSR count). The van der Waals surface area contributed by atoms with Crippen LogP contribution in [0.15, 0.2) is 60.7 Å². The molecule has 4 nitrogen and oxygen atoms in total. The van der Waals surface area contributed by atoms with Gasteiger partial charge in [0.1, 0.15) is 0 Å². The highest BCUT2D eigenvalue weighted by molar-refractivity contribution is 5.82. The van der Waals surface area contributed by atoms with E-state index >= 15 is 0 Å². The summed E-state index contributed by atoms with van der Waals surface area (Å²) in [5, 5.41) is 3.67. The van der Waals surface area contributed by atoms with Crippen LogP contribution in [0, 0.1) is 5.92 Å². The van der Waals surface area contributed by atoms with Gasteiger partial charge in [0.05, 0.1) is 11.4 Å². The van der Waals surface area contributed by atoms with E-state index in [2.05, 4.69) is 84.7 Å². The standard InChI is InChI=1S/C27H34N4/c1-20(2)17-29-26-23-15-9-10-16-24(23)30-27(25(26)28)31(18-21-11-5-3-6-12-21)19-22-13-7-4-8-14-22/h3-8,11-14,20H,9-10,15-19,28H2,1-2H3,(H,29,30). The van der Waals surface area contributed by atoms with E-state index in [0.29, 0.717) is 5.92 Å². The molecule has 1 aromatic heterocycles. The third-order valence-electron chi connectivity index (χ3n) is 5.91. The molecular formula is C27H34N4. The van der Waals surface area contributed by atoms with Gasteiger partial charge in [0.25, 0.3) is 0 Å². The van der Waals surface area contributed by atoms with E-state index < -0.39 is 0 Å². The molecule has 162 valence electrons. The van der Waals surface area contributed by atoms with E-state index in [9.17, 15) is 0 Å². The zero-order chi connectivity index (χ0) is 21.6. The predicted molar refractivity (Wildman–Crippen MR) is 131 cm³/mol. The zero-order valence-electron chi connectivity index (χ0n) is 18.8. The summed E-state index contributed by atoms with van der Waals surface area (Å²) in [5.41, 5.74) is 13.8. The minimum Gasteiger partial charge on any atom is -0.394 e. The number of fused-ring (bicyclic) bond motifs is 1. The lowest BCUT2D eigenvalue weighted by molar-refractivity contribution is 0.658. The van der Waals surface area contributed by atoms with Crippen molar-refractivity contribution < 1.29 is 0 Å². The van der Waals surface area contributed by atoms with Gasteiger partial charge in [-0.1, -0.05) is 74.5 Å². The van der Waals surface area contributed by atoms with Crippen molar-refractivity contribution in [3.05, 3.63) is 83.0 Å². The Balaban J connectivity index is 1.76. The molecule has 0 atom stereocenters. The van der Waals surface area contributed by atoms with Gasteiger partial charge in [0, 0.05) is 25.3 Å². The molecule has 3 N–H and O–H groups in total. The lowest BCUT2D eigenvalue weighted by Crippen LogP contribution is -2.26. The number of hydrogen-bond donors (Lipinski definition) is 2. The van der Waals surface area contributed by atoms with Gasteiger partial charge in [-0.15, -0.1) is 0 Å². The number of benzene rings is 2. The number of hydrogen-bond acceptors (Lipinski definition) is 4. The van der Waals surface area contributed by atoms with Crippen molar-refractivity contribution >= 4 is 17.2 Å². The quantitative estimate of drug-likeness (QED) is 0.488. The highest BCUT2D eigenvalue weighted by atomic mass is 15.2. The van der Waals surface area contributed by atoms with E-state index in [4.69, 9.17) is 10.7 Å². The number of nitrogens with one attached hydrogen (secondary N) is 1. The summed E-state index contributed by atoms with van der Waals surface area (Å²) in [6.45, 7) is 6.92. The van der Waals surface area contributed by atoms with Crippen LogP contribution in [0.5, 0.6) is 0 Å². The van der Waals surface area contributed by atoms with Crippen LogP contribution >= 0.6 is 0 Å². The number of nitrogens with two attached hydrogens (primary N) is 1. The Labute approximate surface area is 186 Å². The van der Waals surface area contributed by atoms with Gasteiger partial charge < -0.3 is 16.0 Å². The average molecular weight is 415 g/mol. The first-order chi connectivity index (χ1) is 15.1. The molecule has 0 amide bonds. The average Bonchev–Trinajstić information content (AvgIpc) is 2.79. The van der Waals surface area contributed by atoms with Crippen molar-refractivity contribution in [3.8, 4) is 0 Å². The number of aromatic nitrogens is 1. The summed E-state index contributed by atoms with van der Waals surface area (Å²) in [5.74, 6) is 1.46. The number of rotatable bonds is 8. The molecular weight excluding hydrogens is 380 g/mol. The number of anilines is 3. The molecule has 0 saturated heterocycles. The Kier molecular flexibility index (Phi) is 6.76. The summed E-state index contributed by atoms with van der Waals surface area (Å²) >= 11 is 0. The third kappa shape index (κ3) is 5.19. The van der Waals surface area contributed by atoms with Crippen LogP contribution in [0.1, 0.15) is 49.1 Å². The molecule has 4 heteroatoms. The van der Waals surface area contributed by atoms with Crippen molar-refractivity contribution in [2.24, 2.45) is 5.92 Å². The lowest BCUT2D eigenvalue weighted by atomic mass is 9.93. The van der Waals surface area contributed by atoms with Gasteiger partial charge in [-0.3, -0.25) is 0 Å². The van der Waals surface area contributed by atoms with Gasteiger partial charge in [-0.25, -0.2) is 4.98 Å². The first kappa shape index (κ1) is 21.2. The molecule has 2 aromatic carbocycles. The number of pyridine rings is 1. The zero-order valence-corrected chi connectivity index (χ0v) is 18.8. The van der Waals surface area contributed by atoms with Crippen LogP contribution in [-0.4, -0.2) is 11.5 Å². The minimum atomic E-state index is 0.556. The molecule has 31 heavy (non-hydrogen) atoms. The fourth-order valence-electron chi connectivity index (χ4n) is 4.31. The van der Waals surface area contributed by atoms with E-state index in [1.54, 1.807) is 0 Å². The Morgan fingerprint density at radius 1 is 0.903 bits per heavy atom. The molecule has 1 heterocycles. The highest BCUT2D eigenvalue weighted by Gasteiger charge is 2.23. The van der Waals surface area contributed by atoms with Crippen molar-refractivity contribution in [1.29, 1.82) is 0 Å². The van der Waals surface area contributed by atoms with Crippen molar-refractivity contribution in [2.45, 2.75) is 52.6 Å². The maximum Gasteiger partial charge on any atom is 0.154 e. The molecule has 1 aliphatic carbocycles. The number of aryl methyl sites for hydroxylation is 1. The molecule has 0 unspecified atom stereocenters. The number of nitrogen functional groups attached to an aromatic ring is 1. The van der Waals surface area contributed by atoms with Gasteiger partial charge in [0.2, 0.25) is 0 Å². The maximum absolute atomic E-state index is 6.84. The molecule has 0 radical (unpaired) electrons.